The van der Waals surface area contributed by atoms with Gasteiger partial charge in [0.05, 0.1) is 0 Å². The Morgan fingerprint density at radius 2 is 2.00 bits per heavy atom. The Hall–Kier alpha value is -0.710. The van der Waals surface area contributed by atoms with Crippen LogP contribution in [0.3, 0.4) is 0 Å². The highest BCUT2D eigenvalue weighted by molar-refractivity contribution is 7.80. The maximum atomic E-state index is 10.9. The summed E-state index contributed by atoms with van der Waals surface area (Å²) in [5.74, 6) is 0. The Bertz CT molecular complexity index is 302. The standard InChI is InChI=1S/C9H13NO2S/c1-2-9(10,13(11)12)8-6-4-3-5-7-8/h3-7H,2,10H2,1H3,(H,11,12)/p-1. The van der Waals surface area contributed by atoms with Crippen molar-refractivity contribution in [2.24, 2.45) is 5.73 Å². The van der Waals surface area contributed by atoms with Crippen molar-refractivity contribution in [2.75, 3.05) is 0 Å². The van der Waals surface area contributed by atoms with Crippen LogP contribution in [0.15, 0.2) is 30.3 Å². The molecule has 0 spiro atoms. The zero-order chi connectivity index (χ0) is 9.90. The molecule has 0 aliphatic rings. The Balaban J connectivity index is 3.11. The smallest absolute Gasteiger partial charge is 0.104 e. The monoisotopic (exact) mass is 198 g/mol. The number of benzene rings is 1. The number of hydrogen-bond donors (Lipinski definition) is 1. The molecule has 0 radical (unpaired) electrons. The number of hydrogen-bond acceptors (Lipinski definition) is 3. The first-order chi connectivity index (χ1) is 6.11. The minimum atomic E-state index is -2.29. The van der Waals surface area contributed by atoms with Gasteiger partial charge >= 0.3 is 0 Å². The van der Waals surface area contributed by atoms with Crippen molar-refractivity contribution in [2.45, 2.75) is 18.2 Å². The Labute approximate surface area is 80.2 Å². The fourth-order valence-electron chi connectivity index (χ4n) is 1.14. The molecule has 2 unspecified atom stereocenters. The first kappa shape index (κ1) is 10.4. The maximum absolute atomic E-state index is 10.9. The fourth-order valence-corrected chi connectivity index (χ4v) is 1.70. The second-order valence-corrected chi connectivity index (χ2v) is 4.04. The number of rotatable bonds is 3. The molecule has 0 heterocycles. The molecule has 2 atom stereocenters. The van der Waals surface area contributed by atoms with Crippen LogP contribution in [0.1, 0.15) is 18.9 Å². The Kier molecular flexibility index (Phi) is 3.19. The molecule has 0 aliphatic carbocycles. The summed E-state index contributed by atoms with van der Waals surface area (Å²) in [5, 5.41) is 0. The second-order valence-electron chi connectivity index (χ2n) is 2.84. The third-order valence-electron chi connectivity index (χ3n) is 2.09. The van der Waals surface area contributed by atoms with Gasteiger partial charge in [0.2, 0.25) is 0 Å². The third-order valence-corrected chi connectivity index (χ3v) is 3.20. The van der Waals surface area contributed by atoms with Crippen molar-refractivity contribution in [1.82, 2.24) is 0 Å². The summed E-state index contributed by atoms with van der Waals surface area (Å²) in [4.78, 5) is -1.25. The van der Waals surface area contributed by atoms with Crippen LogP contribution in [-0.2, 0) is 16.0 Å². The van der Waals surface area contributed by atoms with E-state index in [-0.39, 0.29) is 0 Å². The highest BCUT2D eigenvalue weighted by Gasteiger charge is 2.25. The maximum Gasteiger partial charge on any atom is 0.104 e. The molecule has 2 N–H and O–H groups in total. The minimum absolute atomic E-state index is 0.368. The van der Waals surface area contributed by atoms with Crippen LogP contribution >= 0.6 is 0 Å². The highest BCUT2D eigenvalue weighted by Crippen LogP contribution is 2.24. The largest absolute Gasteiger partial charge is 0.771 e. The topological polar surface area (TPSA) is 66.2 Å². The zero-order valence-corrected chi connectivity index (χ0v) is 8.21. The summed E-state index contributed by atoms with van der Waals surface area (Å²) in [6, 6.07) is 8.82. The van der Waals surface area contributed by atoms with Gasteiger partial charge in [0.25, 0.3) is 0 Å². The van der Waals surface area contributed by atoms with Crippen molar-refractivity contribution in [3.63, 3.8) is 0 Å². The molecule has 0 saturated carbocycles. The lowest BCUT2D eigenvalue weighted by Gasteiger charge is -2.30. The lowest BCUT2D eigenvalue weighted by molar-refractivity contribution is 0.472. The van der Waals surface area contributed by atoms with Gasteiger partial charge in [0.1, 0.15) is 4.87 Å². The summed E-state index contributed by atoms with van der Waals surface area (Å²) in [6.07, 6.45) is 0.368. The van der Waals surface area contributed by atoms with E-state index < -0.39 is 16.0 Å². The van der Waals surface area contributed by atoms with Gasteiger partial charge in [-0.15, -0.1) is 0 Å². The molecule has 0 bridgehead atoms. The Morgan fingerprint density at radius 1 is 1.46 bits per heavy atom. The lowest BCUT2D eigenvalue weighted by atomic mass is 10.1. The molecule has 0 aromatic heterocycles. The van der Waals surface area contributed by atoms with E-state index in [1.807, 2.05) is 6.07 Å². The van der Waals surface area contributed by atoms with Crippen molar-refractivity contribution in [1.29, 1.82) is 0 Å². The van der Waals surface area contributed by atoms with Gasteiger partial charge in [-0.25, -0.2) is 0 Å². The van der Waals surface area contributed by atoms with Crippen LogP contribution < -0.4 is 5.73 Å². The molecule has 0 aliphatic heterocycles. The molecule has 13 heavy (non-hydrogen) atoms. The van der Waals surface area contributed by atoms with Crippen molar-refractivity contribution in [3.8, 4) is 0 Å². The summed E-state index contributed by atoms with van der Waals surface area (Å²) in [6.45, 7) is 1.75. The van der Waals surface area contributed by atoms with Crippen molar-refractivity contribution in [3.05, 3.63) is 35.9 Å². The van der Waals surface area contributed by atoms with E-state index in [1.54, 1.807) is 31.2 Å². The van der Waals surface area contributed by atoms with E-state index in [0.29, 0.717) is 12.0 Å². The van der Waals surface area contributed by atoms with E-state index in [0.717, 1.165) is 0 Å². The summed E-state index contributed by atoms with van der Waals surface area (Å²) < 4.78 is 21.9. The van der Waals surface area contributed by atoms with Gasteiger partial charge in [-0.3, -0.25) is 4.21 Å². The van der Waals surface area contributed by atoms with Crippen molar-refractivity contribution >= 4 is 11.1 Å². The molecule has 72 valence electrons. The molecule has 1 aromatic carbocycles. The van der Waals surface area contributed by atoms with Crippen LogP contribution in [0.2, 0.25) is 0 Å². The molecule has 1 aromatic rings. The summed E-state index contributed by atoms with van der Waals surface area (Å²) in [5.41, 5.74) is 6.38. The van der Waals surface area contributed by atoms with E-state index in [4.69, 9.17) is 5.73 Å². The normalized spacial score (nSPS) is 17.8. The van der Waals surface area contributed by atoms with Gasteiger partial charge in [-0.05, 0) is 23.1 Å². The predicted octanol–water partition coefficient (Wildman–Crippen LogP) is 1.09. The number of nitrogens with two attached hydrogens (primary N) is 1. The van der Waals surface area contributed by atoms with Gasteiger partial charge in [0, 0.05) is 0 Å². The summed E-state index contributed by atoms with van der Waals surface area (Å²) >= 11 is -2.29. The van der Waals surface area contributed by atoms with E-state index >= 15 is 0 Å². The first-order valence-corrected chi connectivity index (χ1v) is 5.12. The molecule has 3 nitrogen and oxygen atoms in total. The molecular weight excluding hydrogens is 186 g/mol. The molecule has 1 rings (SSSR count). The van der Waals surface area contributed by atoms with E-state index in [2.05, 4.69) is 0 Å². The van der Waals surface area contributed by atoms with Gasteiger partial charge in [0.15, 0.2) is 0 Å². The summed E-state index contributed by atoms with van der Waals surface area (Å²) in [7, 11) is 0. The molecule has 0 fully saturated rings. The zero-order valence-electron chi connectivity index (χ0n) is 7.40. The van der Waals surface area contributed by atoms with E-state index in [9.17, 15) is 8.76 Å². The first-order valence-electron chi connectivity index (χ1n) is 4.05. The van der Waals surface area contributed by atoms with Gasteiger partial charge in [-0.1, -0.05) is 37.3 Å². The third kappa shape index (κ3) is 1.96. The average Bonchev–Trinajstić information content (AvgIpc) is 2.17. The average molecular weight is 198 g/mol. The second kappa shape index (κ2) is 4.00. The Morgan fingerprint density at radius 3 is 2.38 bits per heavy atom. The lowest BCUT2D eigenvalue weighted by Crippen LogP contribution is -2.40. The molecule has 0 saturated heterocycles. The van der Waals surface area contributed by atoms with E-state index in [1.165, 1.54) is 0 Å². The molecule has 4 heteroatoms. The van der Waals surface area contributed by atoms with Crippen molar-refractivity contribution < 1.29 is 8.76 Å². The van der Waals surface area contributed by atoms with Crippen LogP contribution in [-0.4, -0.2) is 8.76 Å². The van der Waals surface area contributed by atoms with Crippen LogP contribution in [0.4, 0.5) is 0 Å². The minimum Gasteiger partial charge on any atom is -0.771 e. The van der Waals surface area contributed by atoms with Gasteiger partial charge < -0.3 is 10.3 Å². The fraction of sp³-hybridized carbons (Fsp3) is 0.333. The quantitative estimate of drug-likeness (QED) is 0.739. The molecular formula is C9H12NO2S-. The van der Waals surface area contributed by atoms with Crippen LogP contribution in [0.25, 0.3) is 0 Å². The van der Waals surface area contributed by atoms with Crippen LogP contribution in [0, 0.1) is 0 Å². The highest BCUT2D eigenvalue weighted by atomic mass is 32.2. The predicted molar refractivity (Wildman–Crippen MR) is 51.5 cm³/mol. The SMILES string of the molecule is CCC(N)(c1ccccc1)S(=O)[O-]. The van der Waals surface area contributed by atoms with Crippen LogP contribution in [0.5, 0.6) is 0 Å². The molecule has 0 amide bonds. The van der Waals surface area contributed by atoms with Gasteiger partial charge in [-0.2, -0.15) is 0 Å².